The molecule has 0 spiro atoms. The fraction of sp³-hybridized carbons (Fsp3) is 0.0476. The van der Waals surface area contributed by atoms with Crippen LogP contribution >= 0.6 is 34.8 Å². The molecule has 8 heteroatoms. The second kappa shape index (κ2) is 8.41. The van der Waals surface area contributed by atoms with Crippen LogP contribution in [0.1, 0.15) is 5.82 Å². The lowest BCUT2D eigenvalue weighted by atomic mass is 10.2. The van der Waals surface area contributed by atoms with E-state index >= 15 is 0 Å². The second-order valence-corrected chi connectivity index (χ2v) is 7.35. The van der Waals surface area contributed by atoms with Crippen LogP contribution in [0.4, 0.5) is 4.39 Å². The largest absolute Gasteiger partial charge is 0.486 e. The maximum absolute atomic E-state index is 13.7. The molecule has 4 aromatic rings. The topological polar surface area (TPSA) is 39.9 Å². The first-order valence-corrected chi connectivity index (χ1v) is 9.69. The molecule has 0 amide bonds. The van der Waals surface area contributed by atoms with E-state index in [0.29, 0.717) is 38.7 Å². The van der Waals surface area contributed by atoms with E-state index in [4.69, 9.17) is 39.5 Å². The first-order valence-electron chi connectivity index (χ1n) is 8.56. The summed E-state index contributed by atoms with van der Waals surface area (Å²) in [4.78, 5) is 0. The fourth-order valence-corrected chi connectivity index (χ4v) is 3.48. The molecule has 0 aliphatic heterocycles. The van der Waals surface area contributed by atoms with Gasteiger partial charge in [0.15, 0.2) is 11.6 Å². The van der Waals surface area contributed by atoms with E-state index in [2.05, 4.69) is 10.2 Å². The highest BCUT2D eigenvalue weighted by Gasteiger charge is 2.19. The molecular weight excluding hydrogens is 436 g/mol. The Morgan fingerprint density at radius 1 is 0.862 bits per heavy atom. The molecule has 1 aromatic heterocycles. The summed E-state index contributed by atoms with van der Waals surface area (Å²) in [6.45, 7) is 0.136. The first-order chi connectivity index (χ1) is 14.0. The lowest BCUT2D eigenvalue weighted by molar-refractivity contribution is 0.293. The van der Waals surface area contributed by atoms with Crippen LogP contribution in [-0.2, 0) is 6.61 Å². The van der Waals surface area contributed by atoms with Gasteiger partial charge in [0.05, 0.1) is 15.7 Å². The van der Waals surface area contributed by atoms with Crippen LogP contribution in [0.5, 0.6) is 5.75 Å². The number of benzene rings is 3. The van der Waals surface area contributed by atoms with Gasteiger partial charge in [-0.1, -0.05) is 53.0 Å². The van der Waals surface area contributed by atoms with Crippen molar-refractivity contribution in [2.24, 2.45) is 0 Å². The van der Waals surface area contributed by atoms with Gasteiger partial charge in [0.2, 0.25) is 0 Å². The third kappa shape index (κ3) is 4.22. The van der Waals surface area contributed by atoms with Crippen molar-refractivity contribution in [1.29, 1.82) is 0 Å². The summed E-state index contributed by atoms with van der Waals surface area (Å²) >= 11 is 18.4. The number of para-hydroxylation sites is 1. The van der Waals surface area contributed by atoms with E-state index in [9.17, 15) is 4.39 Å². The van der Waals surface area contributed by atoms with Gasteiger partial charge >= 0.3 is 0 Å². The van der Waals surface area contributed by atoms with Crippen molar-refractivity contribution >= 4 is 34.8 Å². The third-order valence-electron chi connectivity index (χ3n) is 4.17. The van der Waals surface area contributed by atoms with Gasteiger partial charge in [0.25, 0.3) is 0 Å². The number of aromatic nitrogens is 3. The highest BCUT2D eigenvalue weighted by atomic mass is 35.5. The van der Waals surface area contributed by atoms with Gasteiger partial charge in [-0.05, 0) is 48.5 Å². The molecule has 0 saturated carbocycles. The summed E-state index contributed by atoms with van der Waals surface area (Å²) in [5.74, 6) is 1.13. The summed E-state index contributed by atoms with van der Waals surface area (Å²) in [6, 6.07) is 18.8. The summed E-state index contributed by atoms with van der Waals surface area (Å²) in [7, 11) is 0. The maximum atomic E-state index is 13.7. The number of hydrogen-bond acceptors (Lipinski definition) is 3. The molecule has 4 rings (SSSR count). The third-order valence-corrected chi connectivity index (χ3v) is 5.01. The van der Waals surface area contributed by atoms with E-state index in [-0.39, 0.29) is 11.6 Å². The molecule has 0 bridgehead atoms. The van der Waals surface area contributed by atoms with Gasteiger partial charge in [0.1, 0.15) is 18.2 Å². The maximum Gasteiger partial charge on any atom is 0.175 e. The molecule has 146 valence electrons. The Hall–Kier alpha value is -2.60. The minimum absolute atomic E-state index is 0.0146. The van der Waals surface area contributed by atoms with Gasteiger partial charge in [0, 0.05) is 10.6 Å². The zero-order valence-corrected chi connectivity index (χ0v) is 17.1. The molecule has 4 nitrogen and oxygen atoms in total. The summed E-state index contributed by atoms with van der Waals surface area (Å²) in [6.07, 6.45) is 0. The van der Waals surface area contributed by atoms with Gasteiger partial charge in [-0.15, -0.1) is 10.2 Å². The molecule has 0 saturated heterocycles. The predicted octanol–water partition coefficient (Wildman–Crippen LogP) is 6.61. The zero-order chi connectivity index (χ0) is 20.4. The normalized spacial score (nSPS) is 10.9. The average Bonchev–Trinajstić information content (AvgIpc) is 3.13. The standard InChI is InChI=1S/C21H13Cl3FN3O/c22-13-6-8-16(17(23)10-13)21-27-26-20(12-29-15-4-2-1-3-5-15)28(21)14-7-9-19(25)18(24)11-14/h1-11H,12H2. The van der Waals surface area contributed by atoms with Crippen molar-refractivity contribution in [3.05, 3.63) is 93.4 Å². The number of halogens is 4. The number of nitrogens with zero attached hydrogens (tertiary/aromatic N) is 3. The highest BCUT2D eigenvalue weighted by molar-refractivity contribution is 6.36. The summed E-state index contributed by atoms with van der Waals surface area (Å²) < 4.78 is 21.3. The molecule has 0 N–H and O–H groups in total. The predicted molar refractivity (Wildman–Crippen MR) is 113 cm³/mol. The van der Waals surface area contributed by atoms with Crippen LogP contribution < -0.4 is 4.74 Å². The monoisotopic (exact) mass is 447 g/mol. The van der Waals surface area contributed by atoms with Crippen molar-refractivity contribution in [1.82, 2.24) is 14.8 Å². The minimum Gasteiger partial charge on any atom is -0.486 e. The Morgan fingerprint density at radius 3 is 2.38 bits per heavy atom. The van der Waals surface area contributed by atoms with E-state index in [1.54, 1.807) is 28.8 Å². The Balaban J connectivity index is 1.81. The Kier molecular flexibility index (Phi) is 5.72. The van der Waals surface area contributed by atoms with Crippen molar-refractivity contribution in [2.75, 3.05) is 0 Å². The molecule has 0 fully saturated rings. The molecule has 0 radical (unpaired) electrons. The van der Waals surface area contributed by atoms with Crippen LogP contribution in [-0.4, -0.2) is 14.8 Å². The van der Waals surface area contributed by atoms with Crippen LogP contribution in [0, 0.1) is 5.82 Å². The van der Waals surface area contributed by atoms with E-state index in [1.165, 1.54) is 12.1 Å². The second-order valence-electron chi connectivity index (χ2n) is 6.10. The SMILES string of the molecule is Fc1ccc(-n2c(COc3ccccc3)nnc2-c2ccc(Cl)cc2Cl)cc1Cl. The molecule has 0 aliphatic rings. The van der Waals surface area contributed by atoms with Crippen molar-refractivity contribution < 1.29 is 9.13 Å². The molecule has 29 heavy (non-hydrogen) atoms. The van der Waals surface area contributed by atoms with E-state index in [0.717, 1.165) is 0 Å². The van der Waals surface area contributed by atoms with Crippen LogP contribution in [0.2, 0.25) is 15.1 Å². The molecular formula is C21H13Cl3FN3O. The molecule has 0 aliphatic carbocycles. The van der Waals surface area contributed by atoms with E-state index < -0.39 is 5.82 Å². The Bertz CT molecular complexity index is 1170. The van der Waals surface area contributed by atoms with Gasteiger partial charge in [-0.3, -0.25) is 4.57 Å². The van der Waals surface area contributed by atoms with Gasteiger partial charge in [-0.2, -0.15) is 0 Å². The van der Waals surface area contributed by atoms with Gasteiger partial charge in [-0.25, -0.2) is 4.39 Å². The van der Waals surface area contributed by atoms with E-state index in [1.807, 2.05) is 30.3 Å². The summed E-state index contributed by atoms with van der Waals surface area (Å²) in [5.41, 5.74) is 1.20. The van der Waals surface area contributed by atoms with Crippen molar-refractivity contribution in [3.63, 3.8) is 0 Å². The van der Waals surface area contributed by atoms with Crippen molar-refractivity contribution in [2.45, 2.75) is 6.61 Å². The number of hydrogen-bond donors (Lipinski definition) is 0. The fourth-order valence-electron chi connectivity index (χ4n) is 2.82. The van der Waals surface area contributed by atoms with Gasteiger partial charge < -0.3 is 4.74 Å². The van der Waals surface area contributed by atoms with Crippen LogP contribution in [0.15, 0.2) is 66.7 Å². The lowest BCUT2D eigenvalue weighted by Gasteiger charge is -2.13. The molecule has 0 unspecified atom stereocenters. The highest BCUT2D eigenvalue weighted by Crippen LogP contribution is 2.32. The molecule has 0 atom stereocenters. The summed E-state index contributed by atoms with van der Waals surface area (Å²) in [5, 5.41) is 9.44. The quantitative estimate of drug-likeness (QED) is 0.345. The minimum atomic E-state index is -0.517. The average molecular weight is 449 g/mol. The Labute approximate surface area is 181 Å². The molecule has 3 aromatic carbocycles. The smallest absolute Gasteiger partial charge is 0.175 e. The zero-order valence-electron chi connectivity index (χ0n) is 14.8. The Morgan fingerprint density at radius 2 is 1.66 bits per heavy atom. The first kappa shape index (κ1) is 19.7. The van der Waals surface area contributed by atoms with Crippen LogP contribution in [0.3, 0.4) is 0 Å². The lowest BCUT2D eigenvalue weighted by Crippen LogP contribution is -2.07. The molecule has 1 heterocycles. The van der Waals surface area contributed by atoms with Crippen LogP contribution in [0.25, 0.3) is 17.1 Å². The van der Waals surface area contributed by atoms with Crippen molar-refractivity contribution in [3.8, 4) is 22.8 Å². The number of ether oxygens (including phenoxy) is 1. The number of rotatable bonds is 5.